The second-order valence-corrected chi connectivity index (χ2v) is 6.80. The molecule has 0 spiro atoms. The first-order chi connectivity index (χ1) is 11.2. The second kappa shape index (κ2) is 5.51. The maximum Gasteiger partial charge on any atom is 0.264 e. The average molecular weight is 324 g/mol. The minimum absolute atomic E-state index is 0.0151. The van der Waals surface area contributed by atoms with Crippen molar-refractivity contribution in [2.75, 3.05) is 19.0 Å². The van der Waals surface area contributed by atoms with E-state index in [0.29, 0.717) is 11.3 Å². The van der Waals surface area contributed by atoms with Gasteiger partial charge in [-0.3, -0.25) is 9.36 Å². The van der Waals surface area contributed by atoms with E-state index in [1.54, 1.807) is 11.6 Å². The molecule has 0 saturated carbocycles. The van der Waals surface area contributed by atoms with E-state index in [4.69, 9.17) is 4.98 Å². The number of rotatable bonds is 2. The van der Waals surface area contributed by atoms with Gasteiger partial charge in [-0.2, -0.15) is 4.98 Å². The van der Waals surface area contributed by atoms with Gasteiger partial charge in [-0.25, -0.2) is 0 Å². The van der Waals surface area contributed by atoms with Crippen LogP contribution in [0.3, 0.4) is 0 Å². The Kier molecular flexibility index (Phi) is 3.74. The number of aryl methyl sites for hydroxylation is 4. The largest absolute Gasteiger partial charge is 0.348 e. The van der Waals surface area contributed by atoms with Crippen LogP contribution in [0, 0.1) is 20.8 Å². The van der Waals surface area contributed by atoms with Gasteiger partial charge in [-0.1, -0.05) is 17.7 Å². The molecule has 2 heterocycles. The molecule has 5 nitrogen and oxygen atoms in total. The van der Waals surface area contributed by atoms with Crippen LogP contribution in [0.25, 0.3) is 22.2 Å². The molecular weight excluding hydrogens is 300 g/mol. The first-order valence-electron chi connectivity index (χ1n) is 8.04. The smallest absolute Gasteiger partial charge is 0.264 e. The van der Waals surface area contributed by atoms with Crippen LogP contribution in [-0.4, -0.2) is 28.2 Å². The SMILES string of the molecule is Cc1cc(C)c(-c2cn(C)c3nc(N(C)C)n(C)c(=O)c23)c(C)c1. The predicted molar refractivity (Wildman–Crippen MR) is 99.9 cm³/mol. The van der Waals surface area contributed by atoms with E-state index in [1.807, 2.05) is 36.8 Å². The number of fused-ring (bicyclic) bond motifs is 1. The Balaban J connectivity index is 2.45. The van der Waals surface area contributed by atoms with Gasteiger partial charge in [0.25, 0.3) is 5.56 Å². The van der Waals surface area contributed by atoms with Crippen LogP contribution in [0.5, 0.6) is 0 Å². The first-order valence-corrected chi connectivity index (χ1v) is 8.04. The van der Waals surface area contributed by atoms with E-state index in [2.05, 4.69) is 32.9 Å². The zero-order chi connectivity index (χ0) is 17.8. The van der Waals surface area contributed by atoms with E-state index >= 15 is 0 Å². The molecule has 0 unspecified atom stereocenters. The van der Waals surface area contributed by atoms with E-state index in [-0.39, 0.29) is 5.56 Å². The Labute approximate surface area is 142 Å². The summed E-state index contributed by atoms with van der Waals surface area (Å²) in [7, 11) is 7.50. The van der Waals surface area contributed by atoms with Crippen LogP contribution >= 0.6 is 0 Å². The van der Waals surface area contributed by atoms with Crippen molar-refractivity contribution in [2.24, 2.45) is 14.1 Å². The molecule has 3 rings (SSSR count). The number of aromatic nitrogens is 3. The van der Waals surface area contributed by atoms with Gasteiger partial charge in [-0.15, -0.1) is 0 Å². The lowest BCUT2D eigenvalue weighted by atomic mass is 9.94. The van der Waals surface area contributed by atoms with Crippen molar-refractivity contribution < 1.29 is 0 Å². The Bertz CT molecular complexity index is 985. The van der Waals surface area contributed by atoms with Crippen molar-refractivity contribution >= 4 is 17.0 Å². The van der Waals surface area contributed by atoms with Crippen LogP contribution in [0.4, 0.5) is 5.95 Å². The van der Waals surface area contributed by atoms with E-state index in [9.17, 15) is 4.79 Å². The lowest BCUT2D eigenvalue weighted by Crippen LogP contribution is -2.26. The Morgan fingerprint density at radius 2 is 1.62 bits per heavy atom. The minimum atomic E-state index is -0.0151. The van der Waals surface area contributed by atoms with Crippen molar-refractivity contribution in [2.45, 2.75) is 20.8 Å². The van der Waals surface area contributed by atoms with Crippen molar-refractivity contribution in [3.05, 3.63) is 45.4 Å². The monoisotopic (exact) mass is 324 g/mol. The van der Waals surface area contributed by atoms with Crippen LogP contribution in [0.15, 0.2) is 23.1 Å². The zero-order valence-corrected chi connectivity index (χ0v) is 15.4. The Hall–Kier alpha value is -2.56. The van der Waals surface area contributed by atoms with Gasteiger partial charge in [0.05, 0.1) is 5.39 Å². The Morgan fingerprint density at radius 1 is 1.04 bits per heavy atom. The van der Waals surface area contributed by atoms with E-state index in [1.165, 1.54) is 16.7 Å². The molecule has 126 valence electrons. The third-order valence-electron chi connectivity index (χ3n) is 4.52. The molecule has 0 fully saturated rings. The number of hydrogen-bond donors (Lipinski definition) is 0. The molecule has 1 aromatic carbocycles. The highest BCUT2D eigenvalue weighted by atomic mass is 16.1. The number of hydrogen-bond acceptors (Lipinski definition) is 3. The summed E-state index contributed by atoms with van der Waals surface area (Å²) in [4.78, 5) is 19.6. The number of nitrogens with zero attached hydrogens (tertiary/aromatic N) is 4. The molecule has 0 atom stereocenters. The summed E-state index contributed by atoms with van der Waals surface area (Å²) in [5, 5.41) is 0.681. The highest BCUT2D eigenvalue weighted by Crippen LogP contribution is 2.33. The molecule has 5 heteroatoms. The molecule has 0 bridgehead atoms. The van der Waals surface area contributed by atoms with Crippen LogP contribution in [-0.2, 0) is 14.1 Å². The normalized spacial score (nSPS) is 11.3. The Morgan fingerprint density at radius 3 is 2.17 bits per heavy atom. The van der Waals surface area contributed by atoms with Gasteiger partial charge >= 0.3 is 0 Å². The molecule has 3 aromatic rings. The lowest BCUT2D eigenvalue weighted by Gasteiger charge is -2.16. The van der Waals surface area contributed by atoms with Gasteiger partial charge in [0, 0.05) is 40.0 Å². The van der Waals surface area contributed by atoms with Gasteiger partial charge in [0.15, 0.2) is 0 Å². The summed E-state index contributed by atoms with van der Waals surface area (Å²) in [5.41, 5.74) is 6.38. The molecule has 0 aliphatic heterocycles. The lowest BCUT2D eigenvalue weighted by molar-refractivity contribution is 0.802. The molecule has 0 amide bonds. The number of benzene rings is 1. The van der Waals surface area contributed by atoms with Crippen LogP contribution < -0.4 is 10.5 Å². The van der Waals surface area contributed by atoms with Crippen molar-refractivity contribution in [1.29, 1.82) is 0 Å². The fraction of sp³-hybridized carbons (Fsp3) is 0.368. The topological polar surface area (TPSA) is 43.1 Å². The summed E-state index contributed by atoms with van der Waals surface area (Å²) in [5.74, 6) is 0.651. The molecule has 2 aromatic heterocycles. The highest BCUT2D eigenvalue weighted by molar-refractivity contribution is 5.95. The van der Waals surface area contributed by atoms with E-state index < -0.39 is 0 Å². The maximum atomic E-state index is 13.0. The van der Waals surface area contributed by atoms with Crippen molar-refractivity contribution in [3.8, 4) is 11.1 Å². The third-order valence-corrected chi connectivity index (χ3v) is 4.52. The molecular formula is C19H24N4O. The van der Waals surface area contributed by atoms with Gasteiger partial charge < -0.3 is 9.47 Å². The quantitative estimate of drug-likeness (QED) is 0.728. The predicted octanol–water partition coefficient (Wildman–Crippen LogP) is 2.93. The second-order valence-electron chi connectivity index (χ2n) is 6.80. The summed E-state index contributed by atoms with van der Waals surface area (Å²) in [6.07, 6.45) is 2.02. The molecule has 0 N–H and O–H groups in total. The fourth-order valence-electron chi connectivity index (χ4n) is 3.58. The molecule has 0 aliphatic rings. The maximum absolute atomic E-state index is 13.0. The molecule has 0 aliphatic carbocycles. The summed E-state index contributed by atoms with van der Waals surface area (Å²) >= 11 is 0. The highest BCUT2D eigenvalue weighted by Gasteiger charge is 2.20. The van der Waals surface area contributed by atoms with E-state index in [0.717, 1.165) is 16.8 Å². The van der Waals surface area contributed by atoms with Gasteiger partial charge in [0.1, 0.15) is 5.65 Å². The minimum Gasteiger partial charge on any atom is -0.348 e. The van der Waals surface area contributed by atoms with Crippen LogP contribution in [0.2, 0.25) is 0 Å². The molecule has 24 heavy (non-hydrogen) atoms. The summed E-state index contributed by atoms with van der Waals surface area (Å²) in [6, 6.07) is 4.32. The third kappa shape index (κ3) is 2.31. The summed E-state index contributed by atoms with van der Waals surface area (Å²) < 4.78 is 3.56. The summed E-state index contributed by atoms with van der Waals surface area (Å²) in [6.45, 7) is 6.29. The standard InChI is InChI=1S/C19H24N4O/c1-11-8-12(2)15(13(3)9-11)14-10-22(6)17-16(14)18(24)23(7)19(20-17)21(4)5/h8-10H,1-7H3. The fourth-order valence-corrected chi connectivity index (χ4v) is 3.58. The van der Waals surface area contributed by atoms with Gasteiger partial charge in [-0.05, 0) is 37.5 Å². The molecule has 0 saturated heterocycles. The zero-order valence-electron chi connectivity index (χ0n) is 15.4. The molecule has 0 radical (unpaired) electrons. The van der Waals surface area contributed by atoms with Crippen LogP contribution in [0.1, 0.15) is 16.7 Å². The average Bonchev–Trinajstić information content (AvgIpc) is 2.78. The van der Waals surface area contributed by atoms with Crippen molar-refractivity contribution in [1.82, 2.24) is 14.1 Å². The number of anilines is 1. The van der Waals surface area contributed by atoms with Crippen molar-refractivity contribution in [3.63, 3.8) is 0 Å². The first kappa shape index (κ1) is 16.3. The van der Waals surface area contributed by atoms with Gasteiger partial charge in [0.2, 0.25) is 5.95 Å².